The Morgan fingerprint density at radius 3 is 2.35 bits per heavy atom. The molecule has 2 N–H and O–H groups in total. The van der Waals surface area contributed by atoms with Gasteiger partial charge in [-0.2, -0.15) is 0 Å². The molecule has 1 unspecified atom stereocenters. The highest BCUT2D eigenvalue weighted by molar-refractivity contribution is 5.32. The lowest BCUT2D eigenvalue weighted by Crippen LogP contribution is -2.22. The molecule has 0 amide bonds. The summed E-state index contributed by atoms with van der Waals surface area (Å²) < 4.78 is 0. The van der Waals surface area contributed by atoms with Crippen LogP contribution in [0, 0.1) is 16.0 Å². The van der Waals surface area contributed by atoms with E-state index in [0.29, 0.717) is 5.92 Å². The maximum absolute atomic E-state index is 10.5. The van der Waals surface area contributed by atoms with Crippen LogP contribution in [0.25, 0.3) is 0 Å². The fraction of sp³-hybridized carbons (Fsp3) is 0.538. The van der Waals surface area contributed by atoms with Crippen LogP contribution < -0.4 is 5.73 Å². The zero-order chi connectivity index (χ0) is 12.8. The van der Waals surface area contributed by atoms with Gasteiger partial charge in [0.2, 0.25) is 0 Å². The van der Waals surface area contributed by atoms with Crippen LogP contribution in [0.5, 0.6) is 0 Å². The SMILES string of the molecule is CC(C)CC(N)CCc1ccc([N+](=O)[O-])cc1. The third-order valence-electron chi connectivity index (χ3n) is 2.73. The monoisotopic (exact) mass is 236 g/mol. The van der Waals surface area contributed by atoms with Crippen molar-refractivity contribution in [3.63, 3.8) is 0 Å². The van der Waals surface area contributed by atoms with Crippen LogP contribution in [0.2, 0.25) is 0 Å². The molecule has 1 rings (SSSR count). The van der Waals surface area contributed by atoms with Crippen molar-refractivity contribution in [2.75, 3.05) is 0 Å². The van der Waals surface area contributed by atoms with Crippen LogP contribution in [0.4, 0.5) is 5.69 Å². The highest BCUT2D eigenvalue weighted by Gasteiger charge is 2.07. The van der Waals surface area contributed by atoms with Crippen molar-refractivity contribution >= 4 is 5.69 Å². The molecule has 0 saturated carbocycles. The van der Waals surface area contributed by atoms with Crippen LogP contribution >= 0.6 is 0 Å². The molecule has 1 atom stereocenters. The Bertz CT molecular complexity index is 360. The van der Waals surface area contributed by atoms with Crippen molar-refractivity contribution in [2.24, 2.45) is 11.7 Å². The van der Waals surface area contributed by atoms with E-state index in [4.69, 9.17) is 5.73 Å². The molecule has 0 aromatic heterocycles. The summed E-state index contributed by atoms with van der Waals surface area (Å²) in [5.74, 6) is 0.613. The van der Waals surface area contributed by atoms with Crippen LogP contribution in [0.15, 0.2) is 24.3 Å². The molecule has 1 aromatic carbocycles. The first-order valence-electron chi connectivity index (χ1n) is 5.98. The standard InChI is InChI=1S/C13H20N2O2/c1-10(2)9-12(14)6-3-11-4-7-13(8-5-11)15(16)17/h4-5,7-8,10,12H,3,6,9,14H2,1-2H3. The Labute approximate surface area is 102 Å². The number of nitrogens with two attached hydrogens (primary N) is 1. The van der Waals surface area contributed by atoms with E-state index in [1.807, 2.05) is 0 Å². The zero-order valence-electron chi connectivity index (χ0n) is 10.4. The number of hydrogen-bond donors (Lipinski definition) is 1. The largest absolute Gasteiger partial charge is 0.328 e. The lowest BCUT2D eigenvalue weighted by molar-refractivity contribution is -0.384. The van der Waals surface area contributed by atoms with Gasteiger partial charge in [-0.3, -0.25) is 10.1 Å². The van der Waals surface area contributed by atoms with E-state index >= 15 is 0 Å². The molecule has 0 spiro atoms. The molecular weight excluding hydrogens is 216 g/mol. The first kappa shape index (κ1) is 13.6. The van der Waals surface area contributed by atoms with E-state index in [1.54, 1.807) is 24.3 Å². The summed E-state index contributed by atoms with van der Waals surface area (Å²) >= 11 is 0. The number of nitro benzene ring substituents is 1. The molecule has 94 valence electrons. The lowest BCUT2D eigenvalue weighted by atomic mass is 9.98. The number of nitro groups is 1. The summed E-state index contributed by atoms with van der Waals surface area (Å²) in [6.45, 7) is 4.32. The topological polar surface area (TPSA) is 69.2 Å². The predicted molar refractivity (Wildman–Crippen MR) is 68.8 cm³/mol. The number of nitrogens with zero attached hydrogens (tertiary/aromatic N) is 1. The van der Waals surface area contributed by atoms with E-state index in [0.717, 1.165) is 24.8 Å². The van der Waals surface area contributed by atoms with E-state index in [1.165, 1.54) is 0 Å². The second kappa shape index (κ2) is 6.35. The first-order valence-corrected chi connectivity index (χ1v) is 5.98. The average Bonchev–Trinajstić information content (AvgIpc) is 2.26. The summed E-state index contributed by atoms with van der Waals surface area (Å²) in [6.07, 6.45) is 2.83. The minimum absolute atomic E-state index is 0.139. The fourth-order valence-corrected chi connectivity index (χ4v) is 1.86. The van der Waals surface area contributed by atoms with Gasteiger partial charge in [0.25, 0.3) is 5.69 Å². The Morgan fingerprint density at radius 1 is 1.29 bits per heavy atom. The summed E-state index contributed by atoms with van der Waals surface area (Å²) in [5.41, 5.74) is 7.24. The van der Waals surface area contributed by atoms with Crippen molar-refractivity contribution in [2.45, 2.75) is 39.2 Å². The number of aryl methyl sites for hydroxylation is 1. The molecule has 17 heavy (non-hydrogen) atoms. The third-order valence-corrected chi connectivity index (χ3v) is 2.73. The van der Waals surface area contributed by atoms with Crippen LogP contribution in [-0.2, 0) is 6.42 Å². The molecule has 0 aliphatic heterocycles. The molecule has 0 aliphatic rings. The Kier molecular flexibility index (Phi) is 5.10. The van der Waals surface area contributed by atoms with Gasteiger partial charge in [0.05, 0.1) is 4.92 Å². The van der Waals surface area contributed by atoms with Crippen LogP contribution in [-0.4, -0.2) is 11.0 Å². The van der Waals surface area contributed by atoms with Crippen molar-refractivity contribution in [3.8, 4) is 0 Å². The van der Waals surface area contributed by atoms with Crippen molar-refractivity contribution < 1.29 is 4.92 Å². The summed E-state index contributed by atoms with van der Waals surface area (Å²) in [6, 6.07) is 6.91. The van der Waals surface area contributed by atoms with Gasteiger partial charge >= 0.3 is 0 Å². The Morgan fingerprint density at radius 2 is 1.88 bits per heavy atom. The summed E-state index contributed by atoms with van der Waals surface area (Å²) in [7, 11) is 0. The van der Waals surface area contributed by atoms with Gasteiger partial charge in [0.15, 0.2) is 0 Å². The minimum atomic E-state index is -0.381. The van der Waals surface area contributed by atoms with Gasteiger partial charge in [0.1, 0.15) is 0 Å². The molecule has 0 bridgehead atoms. The molecule has 0 saturated heterocycles. The highest BCUT2D eigenvalue weighted by atomic mass is 16.6. The van der Waals surface area contributed by atoms with Gasteiger partial charge in [-0.1, -0.05) is 26.0 Å². The number of rotatable bonds is 6. The van der Waals surface area contributed by atoms with Crippen molar-refractivity contribution in [1.82, 2.24) is 0 Å². The molecule has 1 aromatic rings. The maximum atomic E-state index is 10.5. The highest BCUT2D eigenvalue weighted by Crippen LogP contribution is 2.14. The van der Waals surface area contributed by atoms with Gasteiger partial charge in [-0.25, -0.2) is 0 Å². The van der Waals surface area contributed by atoms with Gasteiger partial charge in [-0.05, 0) is 30.7 Å². The molecule has 0 aliphatic carbocycles. The molecule has 4 heteroatoms. The van der Waals surface area contributed by atoms with E-state index in [9.17, 15) is 10.1 Å². The van der Waals surface area contributed by atoms with Gasteiger partial charge < -0.3 is 5.73 Å². The van der Waals surface area contributed by atoms with Crippen molar-refractivity contribution in [1.29, 1.82) is 0 Å². The normalized spacial score (nSPS) is 12.7. The van der Waals surface area contributed by atoms with Crippen LogP contribution in [0.1, 0.15) is 32.3 Å². The van der Waals surface area contributed by atoms with E-state index in [2.05, 4.69) is 13.8 Å². The van der Waals surface area contributed by atoms with E-state index < -0.39 is 0 Å². The summed E-state index contributed by atoms with van der Waals surface area (Å²) in [5, 5.41) is 10.5. The molecule has 0 radical (unpaired) electrons. The third kappa shape index (κ3) is 4.95. The van der Waals surface area contributed by atoms with Gasteiger partial charge in [-0.15, -0.1) is 0 Å². The second-order valence-corrected chi connectivity index (χ2v) is 4.85. The van der Waals surface area contributed by atoms with Gasteiger partial charge in [0, 0.05) is 18.2 Å². The molecular formula is C13H20N2O2. The molecule has 0 fully saturated rings. The van der Waals surface area contributed by atoms with Crippen LogP contribution in [0.3, 0.4) is 0 Å². The predicted octanol–water partition coefficient (Wildman–Crippen LogP) is 2.90. The lowest BCUT2D eigenvalue weighted by Gasteiger charge is -2.13. The van der Waals surface area contributed by atoms with E-state index in [-0.39, 0.29) is 16.7 Å². The number of hydrogen-bond acceptors (Lipinski definition) is 3. The average molecular weight is 236 g/mol. The maximum Gasteiger partial charge on any atom is 0.269 e. The second-order valence-electron chi connectivity index (χ2n) is 4.85. The van der Waals surface area contributed by atoms with Crippen molar-refractivity contribution in [3.05, 3.63) is 39.9 Å². The number of non-ortho nitro benzene ring substituents is 1. The quantitative estimate of drug-likeness (QED) is 0.610. The minimum Gasteiger partial charge on any atom is -0.328 e. The molecule has 0 heterocycles. The number of benzene rings is 1. The Hall–Kier alpha value is -1.42. The fourth-order valence-electron chi connectivity index (χ4n) is 1.86. The smallest absolute Gasteiger partial charge is 0.269 e. The first-order chi connectivity index (χ1) is 7.99. The Balaban J connectivity index is 2.44. The summed E-state index contributed by atoms with van der Waals surface area (Å²) in [4.78, 5) is 10.1. The molecule has 4 nitrogen and oxygen atoms in total. The zero-order valence-corrected chi connectivity index (χ0v) is 10.4.